The molecular weight excluding hydrogens is 368 g/mol. The van der Waals surface area contributed by atoms with Crippen molar-refractivity contribution < 1.29 is 9.47 Å². The van der Waals surface area contributed by atoms with Gasteiger partial charge in [0, 0.05) is 11.8 Å². The van der Waals surface area contributed by atoms with Gasteiger partial charge in [0.1, 0.15) is 11.5 Å². The summed E-state index contributed by atoms with van der Waals surface area (Å²) in [4.78, 5) is 0. The Morgan fingerprint density at radius 3 is 2.17 bits per heavy atom. The number of fused-ring (bicyclic) bond motifs is 1. The Morgan fingerprint density at radius 2 is 1.37 bits per heavy atom. The van der Waals surface area contributed by atoms with Crippen LogP contribution in [0.5, 0.6) is 5.75 Å². The van der Waals surface area contributed by atoms with Gasteiger partial charge in [0.25, 0.3) is 0 Å². The van der Waals surface area contributed by atoms with Crippen LogP contribution in [-0.2, 0) is 4.74 Å². The number of rotatable bonds is 8. The molecule has 4 aromatic carbocycles. The van der Waals surface area contributed by atoms with Gasteiger partial charge in [0.05, 0.1) is 6.61 Å². The Morgan fingerprint density at radius 1 is 0.700 bits per heavy atom. The van der Waals surface area contributed by atoms with E-state index in [1.807, 2.05) is 78.9 Å². The van der Waals surface area contributed by atoms with Crippen molar-refractivity contribution in [2.75, 3.05) is 6.61 Å². The van der Waals surface area contributed by atoms with Crippen molar-refractivity contribution in [3.63, 3.8) is 0 Å². The third-order valence-electron chi connectivity index (χ3n) is 4.68. The minimum Gasteiger partial charge on any atom is -0.489 e. The third-order valence-corrected chi connectivity index (χ3v) is 4.68. The highest BCUT2D eigenvalue weighted by Crippen LogP contribution is 2.28. The molecule has 0 saturated heterocycles. The van der Waals surface area contributed by atoms with Crippen LogP contribution < -0.4 is 4.74 Å². The molecule has 0 bridgehead atoms. The zero-order valence-electron chi connectivity index (χ0n) is 16.7. The number of hydrogen-bond donors (Lipinski definition) is 0. The third kappa shape index (κ3) is 5.39. The van der Waals surface area contributed by atoms with Gasteiger partial charge in [0.2, 0.25) is 0 Å². The molecule has 2 heteroatoms. The second kappa shape index (κ2) is 10.1. The largest absolute Gasteiger partial charge is 0.489 e. The minimum atomic E-state index is 0.479. The maximum Gasteiger partial charge on any atom is 0.161 e. The van der Waals surface area contributed by atoms with Crippen molar-refractivity contribution in [2.45, 2.75) is 6.42 Å². The second-order valence-electron chi connectivity index (χ2n) is 6.87. The van der Waals surface area contributed by atoms with Crippen molar-refractivity contribution in [3.8, 4) is 5.75 Å². The zero-order valence-corrected chi connectivity index (χ0v) is 16.7. The van der Waals surface area contributed by atoms with Crippen molar-refractivity contribution in [1.82, 2.24) is 0 Å². The first-order chi connectivity index (χ1) is 14.9. The van der Waals surface area contributed by atoms with Crippen LogP contribution in [0.4, 0.5) is 0 Å². The summed E-state index contributed by atoms with van der Waals surface area (Å²) in [7, 11) is 0. The van der Waals surface area contributed by atoms with E-state index < -0.39 is 0 Å². The van der Waals surface area contributed by atoms with Crippen LogP contribution in [0.1, 0.15) is 17.5 Å². The summed E-state index contributed by atoms with van der Waals surface area (Å²) in [5.74, 6) is 1.69. The predicted octanol–water partition coefficient (Wildman–Crippen LogP) is 7.14. The Hall–Kier alpha value is -3.78. The van der Waals surface area contributed by atoms with E-state index in [1.54, 1.807) is 0 Å². The first-order valence-corrected chi connectivity index (χ1v) is 10.1. The van der Waals surface area contributed by atoms with Gasteiger partial charge in [0.15, 0.2) is 6.26 Å². The molecule has 0 spiro atoms. The molecule has 0 amide bonds. The molecular formula is C28H23O2. The van der Waals surface area contributed by atoms with Gasteiger partial charge < -0.3 is 9.47 Å². The van der Waals surface area contributed by atoms with Gasteiger partial charge in [-0.15, -0.1) is 0 Å². The first kappa shape index (κ1) is 19.5. The maximum absolute atomic E-state index is 6.34. The summed E-state index contributed by atoms with van der Waals surface area (Å²) in [6.45, 7) is 0.479. The Bertz CT molecular complexity index is 1120. The fraction of sp³-hybridized carbons (Fsp3) is 0.0714. The van der Waals surface area contributed by atoms with Crippen LogP contribution >= 0.6 is 0 Å². The van der Waals surface area contributed by atoms with E-state index in [0.717, 1.165) is 33.4 Å². The molecule has 0 aliphatic heterocycles. The normalized spacial score (nSPS) is 11.7. The van der Waals surface area contributed by atoms with Crippen molar-refractivity contribution >= 4 is 22.9 Å². The molecule has 0 aromatic heterocycles. The lowest BCUT2D eigenvalue weighted by Crippen LogP contribution is -2.00. The van der Waals surface area contributed by atoms with E-state index in [0.29, 0.717) is 13.0 Å². The quantitative estimate of drug-likeness (QED) is 0.235. The van der Waals surface area contributed by atoms with Crippen LogP contribution in [0.2, 0.25) is 0 Å². The molecule has 30 heavy (non-hydrogen) atoms. The molecule has 147 valence electrons. The summed E-state index contributed by atoms with van der Waals surface area (Å²) >= 11 is 0. The smallest absolute Gasteiger partial charge is 0.161 e. The Balaban J connectivity index is 1.48. The van der Waals surface area contributed by atoms with Crippen LogP contribution in [0.25, 0.3) is 22.9 Å². The van der Waals surface area contributed by atoms with E-state index in [9.17, 15) is 0 Å². The highest BCUT2D eigenvalue weighted by Gasteiger charge is 2.06. The molecule has 0 unspecified atom stereocenters. The summed E-state index contributed by atoms with van der Waals surface area (Å²) in [5, 5.41) is 2.25. The number of hydrogen-bond acceptors (Lipinski definition) is 2. The lowest BCUT2D eigenvalue weighted by molar-refractivity contribution is 0.222. The number of benzene rings is 4. The predicted molar refractivity (Wildman–Crippen MR) is 124 cm³/mol. The van der Waals surface area contributed by atoms with Crippen LogP contribution in [0, 0.1) is 6.26 Å². The standard InChI is InChI=1S/C28H23O2/c1-3-10-23(11-4-1)18-20-29-21-19-26(22-24-12-5-2-6-13-24)30-28-17-9-15-25-14-7-8-16-27(25)28/h1-18,22H,19,21H2. The lowest BCUT2D eigenvalue weighted by Gasteiger charge is -2.13. The SMILES string of the molecule is [C](=Cc1ccccc1)OCCC(=Cc1ccccc1)Oc1cccc2ccccc12. The zero-order chi connectivity index (χ0) is 20.4. The molecule has 0 atom stereocenters. The Labute approximate surface area is 177 Å². The fourth-order valence-corrected chi connectivity index (χ4v) is 3.18. The molecule has 2 nitrogen and oxygen atoms in total. The molecule has 0 N–H and O–H groups in total. The van der Waals surface area contributed by atoms with Crippen LogP contribution in [-0.4, -0.2) is 6.61 Å². The van der Waals surface area contributed by atoms with Gasteiger partial charge in [-0.1, -0.05) is 97.1 Å². The summed E-state index contributed by atoms with van der Waals surface area (Å²) < 4.78 is 11.9. The van der Waals surface area contributed by atoms with Gasteiger partial charge in [-0.25, -0.2) is 0 Å². The minimum absolute atomic E-state index is 0.479. The average Bonchev–Trinajstić information content (AvgIpc) is 2.80. The van der Waals surface area contributed by atoms with Gasteiger partial charge in [-0.3, -0.25) is 0 Å². The molecule has 0 saturated carbocycles. The van der Waals surface area contributed by atoms with E-state index in [1.165, 1.54) is 0 Å². The molecule has 4 rings (SSSR count). The van der Waals surface area contributed by atoms with E-state index in [4.69, 9.17) is 9.47 Å². The van der Waals surface area contributed by atoms with Crippen LogP contribution in [0.3, 0.4) is 0 Å². The molecule has 0 aliphatic carbocycles. The van der Waals surface area contributed by atoms with Gasteiger partial charge >= 0.3 is 0 Å². The van der Waals surface area contributed by atoms with Crippen LogP contribution in [0.15, 0.2) is 109 Å². The van der Waals surface area contributed by atoms with Crippen molar-refractivity contribution in [1.29, 1.82) is 0 Å². The molecule has 0 fully saturated rings. The monoisotopic (exact) mass is 391 g/mol. The van der Waals surface area contributed by atoms with E-state index in [-0.39, 0.29) is 0 Å². The van der Waals surface area contributed by atoms with Gasteiger partial charge in [-0.2, -0.15) is 0 Å². The lowest BCUT2D eigenvalue weighted by atomic mass is 10.1. The Kier molecular flexibility index (Phi) is 6.59. The van der Waals surface area contributed by atoms with E-state index >= 15 is 0 Å². The summed E-state index contributed by atoms with van der Waals surface area (Å²) in [6, 6.07) is 34.5. The second-order valence-corrected chi connectivity index (χ2v) is 6.87. The molecule has 4 aromatic rings. The highest BCUT2D eigenvalue weighted by atomic mass is 16.5. The topological polar surface area (TPSA) is 18.5 Å². The first-order valence-electron chi connectivity index (χ1n) is 10.1. The highest BCUT2D eigenvalue weighted by molar-refractivity contribution is 5.88. The summed E-state index contributed by atoms with van der Waals surface area (Å²) in [5.41, 5.74) is 2.15. The summed E-state index contributed by atoms with van der Waals surface area (Å²) in [6.07, 6.45) is 7.44. The number of ether oxygens (including phenoxy) is 2. The fourth-order valence-electron chi connectivity index (χ4n) is 3.18. The molecule has 1 radical (unpaired) electrons. The van der Waals surface area contributed by atoms with Gasteiger partial charge in [-0.05, 0) is 34.7 Å². The maximum atomic E-state index is 6.34. The molecule has 0 heterocycles. The van der Waals surface area contributed by atoms with E-state index in [2.05, 4.69) is 42.7 Å². The van der Waals surface area contributed by atoms with Crippen molar-refractivity contribution in [3.05, 3.63) is 126 Å². The average molecular weight is 391 g/mol. The van der Waals surface area contributed by atoms with Crippen molar-refractivity contribution in [2.24, 2.45) is 0 Å². The molecule has 0 aliphatic rings.